The van der Waals surface area contributed by atoms with Crippen molar-refractivity contribution in [2.45, 2.75) is 39.8 Å². The summed E-state index contributed by atoms with van der Waals surface area (Å²) in [6, 6.07) is 0. The predicted molar refractivity (Wildman–Crippen MR) is 74.6 cm³/mol. The highest BCUT2D eigenvalue weighted by Gasteiger charge is 2.16. The van der Waals surface area contributed by atoms with Gasteiger partial charge in [-0.25, -0.2) is 0 Å². The summed E-state index contributed by atoms with van der Waals surface area (Å²) in [5, 5.41) is 7.93. The molecular weight excluding hydrogens is 224 g/mol. The summed E-state index contributed by atoms with van der Waals surface area (Å²) in [7, 11) is 2.23. The maximum atomic E-state index is 4.51. The van der Waals surface area contributed by atoms with Crippen LogP contribution in [0.2, 0.25) is 0 Å². The number of hydrogen-bond donors (Lipinski definition) is 1. The summed E-state index contributed by atoms with van der Waals surface area (Å²) < 4.78 is 2.03. The number of nitrogens with one attached hydrogen (secondary N) is 1. The maximum absolute atomic E-state index is 4.51. The Morgan fingerprint density at radius 3 is 2.78 bits per heavy atom. The molecule has 0 aliphatic carbocycles. The molecule has 0 saturated carbocycles. The van der Waals surface area contributed by atoms with Crippen LogP contribution in [0.4, 0.5) is 0 Å². The Bertz CT molecular complexity index is 366. The van der Waals surface area contributed by atoms with Crippen molar-refractivity contribution in [3.05, 3.63) is 17.5 Å². The predicted octanol–water partition coefficient (Wildman–Crippen LogP) is 1.64. The number of hydrogen-bond acceptors (Lipinski definition) is 3. The zero-order valence-corrected chi connectivity index (χ0v) is 11.9. The Hall–Kier alpha value is -0.870. The van der Waals surface area contributed by atoms with Crippen molar-refractivity contribution < 1.29 is 0 Å². The van der Waals surface area contributed by atoms with Crippen molar-refractivity contribution in [2.75, 3.05) is 26.7 Å². The fourth-order valence-corrected chi connectivity index (χ4v) is 2.74. The zero-order chi connectivity index (χ0) is 13.0. The van der Waals surface area contributed by atoms with Crippen LogP contribution in [0.5, 0.6) is 0 Å². The Morgan fingerprint density at radius 1 is 1.44 bits per heavy atom. The summed E-state index contributed by atoms with van der Waals surface area (Å²) in [4.78, 5) is 2.44. The fourth-order valence-electron chi connectivity index (χ4n) is 2.74. The second kappa shape index (κ2) is 6.34. The lowest BCUT2D eigenvalue weighted by molar-refractivity contribution is 0.234. The van der Waals surface area contributed by atoms with Crippen molar-refractivity contribution in [1.29, 1.82) is 0 Å². The van der Waals surface area contributed by atoms with E-state index in [0.29, 0.717) is 0 Å². The van der Waals surface area contributed by atoms with E-state index in [-0.39, 0.29) is 0 Å². The van der Waals surface area contributed by atoms with Crippen LogP contribution in [-0.4, -0.2) is 41.4 Å². The average molecular weight is 250 g/mol. The van der Waals surface area contributed by atoms with Gasteiger partial charge in [0.25, 0.3) is 0 Å². The molecule has 0 aromatic carbocycles. The molecule has 4 nitrogen and oxygen atoms in total. The van der Waals surface area contributed by atoms with Crippen LogP contribution in [-0.2, 0) is 13.1 Å². The topological polar surface area (TPSA) is 33.1 Å². The second-order valence-corrected chi connectivity index (χ2v) is 5.49. The Kier molecular flexibility index (Phi) is 4.78. The van der Waals surface area contributed by atoms with Crippen molar-refractivity contribution in [3.8, 4) is 0 Å². The maximum Gasteiger partial charge on any atom is 0.0638 e. The molecule has 2 heterocycles. The average Bonchev–Trinajstić information content (AvgIpc) is 2.71. The van der Waals surface area contributed by atoms with Crippen LogP contribution >= 0.6 is 0 Å². The summed E-state index contributed by atoms with van der Waals surface area (Å²) >= 11 is 0. The SMILES string of the molecule is CCn1cc(CN(C)CC2CCNCC2)c(C)n1. The number of piperidine rings is 1. The van der Waals surface area contributed by atoms with E-state index >= 15 is 0 Å². The first-order chi connectivity index (χ1) is 8.69. The number of aromatic nitrogens is 2. The minimum atomic E-state index is 0.859. The van der Waals surface area contributed by atoms with Crippen molar-refractivity contribution >= 4 is 0 Å². The highest BCUT2D eigenvalue weighted by Crippen LogP contribution is 2.15. The summed E-state index contributed by atoms with van der Waals surface area (Å²) in [6.45, 7) is 9.80. The molecule has 1 aromatic heterocycles. The van der Waals surface area contributed by atoms with E-state index in [1.165, 1.54) is 43.7 Å². The van der Waals surface area contributed by atoms with Gasteiger partial charge in [0, 0.05) is 31.4 Å². The first-order valence-electron chi connectivity index (χ1n) is 7.11. The summed E-state index contributed by atoms with van der Waals surface area (Å²) in [6.07, 6.45) is 4.82. The zero-order valence-electron chi connectivity index (χ0n) is 11.9. The van der Waals surface area contributed by atoms with Gasteiger partial charge in [0.05, 0.1) is 5.69 Å². The van der Waals surface area contributed by atoms with E-state index < -0.39 is 0 Å². The van der Waals surface area contributed by atoms with Gasteiger partial charge >= 0.3 is 0 Å². The molecule has 18 heavy (non-hydrogen) atoms. The molecule has 0 bridgehead atoms. The molecule has 2 rings (SSSR count). The van der Waals surface area contributed by atoms with Crippen molar-refractivity contribution in [2.24, 2.45) is 5.92 Å². The molecule has 1 aromatic rings. The molecule has 4 heteroatoms. The monoisotopic (exact) mass is 250 g/mol. The molecule has 1 N–H and O–H groups in total. The summed E-state index contributed by atoms with van der Waals surface area (Å²) in [5.41, 5.74) is 2.54. The van der Waals surface area contributed by atoms with Crippen LogP contribution in [0.25, 0.3) is 0 Å². The Labute approximate surface area is 110 Å². The largest absolute Gasteiger partial charge is 0.317 e. The normalized spacial score (nSPS) is 17.6. The molecular formula is C14H26N4. The van der Waals surface area contributed by atoms with E-state index in [2.05, 4.69) is 42.4 Å². The molecule has 102 valence electrons. The van der Waals surface area contributed by atoms with Gasteiger partial charge in [-0.15, -0.1) is 0 Å². The van der Waals surface area contributed by atoms with E-state index in [9.17, 15) is 0 Å². The standard InChI is InChI=1S/C14H26N4/c1-4-18-11-14(12(2)16-18)10-17(3)9-13-5-7-15-8-6-13/h11,13,15H,4-10H2,1-3H3. The highest BCUT2D eigenvalue weighted by atomic mass is 15.3. The van der Waals surface area contributed by atoms with Gasteiger partial charge in [0.15, 0.2) is 0 Å². The van der Waals surface area contributed by atoms with E-state index in [4.69, 9.17) is 0 Å². The van der Waals surface area contributed by atoms with Crippen LogP contribution in [0.1, 0.15) is 31.0 Å². The van der Waals surface area contributed by atoms with E-state index in [0.717, 1.165) is 19.0 Å². The summed E-state index contributed by atoms with van der Waals surface area (Å²) in [5.74, 6) is 0.859. The second-order valence-electron chi connectivity index (χ2n) is 5.49. The molecule has 1 fully saturated rings. The van der Waals surface area contributed by atoms with Crippen LogP contribution < -0.4 is 5.32 Å². The Morgan fingerprint density at radius 2 is 2.17 bits per heavy atom. The van der Waals surface area contributed by atoms with Crippen molar-refractivity contribution in [3.63, 3.8) is 0 Å². The molecule has 0 unspecified atom stereocenters. The van der Waals surface area contributed by atoms with Crippen LogP contribution in [0.3, 0.4) is 0 Å². The van der Waals surface area contributed by atoms with Gasteiger partial charge in [0.1, 0.15) is 0 Å². The van der Waals surface area contributed by atoms with Gasteiger partial charge in [-0.1, -0.05) is 0 Å². The third-order valence-electron chi connectivity index (χ3n) is 3.84. The fraction of sp³-hybridized carbons (Fsp3) is 0.786. The molecule has 1 aliphatic rings. The Balaban J connectivity index is 1.85. The van der Waals surface area contributed by atoms with E-state index in [1.54, 1.807) is 0 Å². The number of aryl methyl sites for hydroxylation is 2. The lowest BCUT2D eigenvalue weighted by Crippen LogP contribution is -2.34. The highest BCUT2D eigenvalue weighted by molar-refractivity contribution is 5.15. The molecule has 1 saturated heterocycles. The molecule has 0 radical (unpaired) electrons. The molecule has 0 spiro atoms. The first-order valence-corrected chi connectivity index (χ1v) is 7.11. The van der Waals surface area contributed by atoms with Gasteiger partial charge in [-0.2, -0.15) is 5.10 Å². The minimum Gasteiger partial charge on any atom is -0.317 e. The van der Waals surface area contributed by atoms with Gasteiger partial charge in [-0.05, 0) is 52.7 Å². The minimum absolute atomic E-state index is 0.859. The smallest absolute Gasteiger partial charge is 0.0638 e. The quantitative estimate of drug-likeness (QED) is 0.862. The van der Waals surface area contributed by atoms with Crippen molar-refractivity contribution in [1.82, 2.24) is 20.0 Å². The van der Waals surface area contributed by atoms with Crippen LogP contribution in [0.15, 0.2) is 6.20 Å². The first kappa shape index (κ1) is 13.6. The van der Waals surface area contributed by atoms with Gasteiger partial charge in [-0.3, -0.25) is 4.68 Å². The number of nitrogens with zero attached hydrogens (tertiary/aromatic N) is 3. The molecule has 0 amide bonds. The van der Waals surface area contributed by atoms with Gasteiger partial charge in [0.2, 0.25) is 0 Å². The van der Waals surface area contributed by atoms with Crippen LogP contribution in [0, 0.1) is 12.8 Å². The van der Waals surface area contributed by atoms with Gasteiger partial charge < -0.3 is 10.2 Å². The number of rotatable bonds is 5. The third-order valence-corrected chi connectivity index (χ3v) is 3.84. The molecule has 1 aliphatic heterocycles. The lowest BCUT2D eigenvalue weighted by Gasteiger charge is -2.27. The molecule has 0 atom stereocenters. The third kappa shape index (κ3) is 3.56. The lowest BCUT2D eigenvalue weighted by atomic mass is 9.97. The van der Waals surface area contributed by atoms with E-state index in [1.807, 2.05) is 4.68 Å².